The van der Waals surface area contributed by atoms with Gasteiger partial charge in [-0.3, -0.25) is 4.79 Å². The van der Waals surface area contributed by atoms with Crippen LogP contribution in [0, 0.1) is 5.82 Å². The van der Waals surface area contributed by atoms with Crippen molar-refractivity contribution in [2.75, 3.05) is 6.54 Å². The second-order valence-corrected chi connectivity index (χ2v) is 7.45. The summed E-state index contributed by atoms with van der Waals surface area (Å²) < 4.78 is 59.7. The highest BCUT2D eigenvalue weighted by Gasteiger charge is 2.42. The molecule has 1 aliphatic carbocycles. The number of hydrogen-bond acceptors (Lipinski definition) is 6. The highest BCUT2D eigenvalue weighted by molar-refractivity contribution is 6.00. The maximum atomic E-state index is 15.5. The van der Waals surface area contributed by atoms with Gasteiger partial charge in [-0.2, -0.15) is 13.2 Å². The normalized spacial score (nSPS) is 16.0. The molecule has 1 aliphatic heterocycles. The van der Waals surface area contributed by atoms with E-state index >= 15 is 4.39 Å². The number of pyridine rings is 1. The van der Waals surface area contributed by atoms with E-state index < -0.39 is 35.4 Å². The average Bonchev–Trinajstić information content (AvgIpc) is 3.14. The summed E-state index contributed by atoms with van der Waals surface area (Å²) in [6.45, 7) is 0.462. The maximum Gasteiger partial charge on any atom is 0.418 e. The summed E-state index contributed by atoms with van der Waals surface area (Å²) >= 11 is 0. The number of nitrogens with one attached hydrogen (secondary N) is 2. The zero-order valence-corrected chi connectivity index (χ0v) is 16.3. The third-order valence-corrected chi connectivity index (χ3v) is 5.53. The van der Waals surface area contributed by atoms with Crippen molar-refractivity contribution in [2.24, 2.45) is 0 Å². The molecule has 0 bridgehead atoms. The molecule has 2 aliphatic rings. The monoisotopic (exact) mass is 449 g/mol. The minimum absolute atomic E-state index is 0.144. The third kappa shape index (κ3) is 3.18. The number of H-pyrrole nitrogens is 1. The Kier molecular flexibility index (Phi) is 4.62. The molecule has 3 N–H and O–H groups in total. The lowest BCUT2D eigenvalue weighted by Crippen LogP contribution is -2.32. The van der Waals surface area contributed by atoms with Gasteiger partial charge in [-0.05, 0) is 24.0 Å². The van der Waals surface area contributed by atoms with Crippen LogP contribution in [0.1, 0.15) is 38.8 Å². The SMILES string of the molecule is O=C1NCCc2[nH]c3c(c21)CCc1cnc(Oc2ncncc2C(O)C(F)(F)F)c(F)c1-3. The topological polar surface area (TPSA) is 113 Å². The highest BCUT2D eigenvalue weighted by Crippen LogP contribution is 2.42. The van der Waals surface area contributed by atoms with E-state index in [0.29, 0.717) is 53.9 Å². The van der Waals surface area contributed by atoms with Crippen LogP contribution < -0.4 is 10.1 Å². The van der Waals surface area contributed by atoms with Crippen LogP contribution in [0.4, 0.5) is 17.6 Å². The minimum atomic E-state index is -5.00. The van der Waals surface area contributed by atoms with Gasteiger partial charge < -0.3 is 20.1 Å². The summed E-state index contributed by atoms with van der Waals surface area (Å²) in [4.78, 5) is 26.4. The van der Waals surface area contributed by atoms with Gasteiger partial charge in [0.1, 0.15) is 6.33 Å². The number of aliphatic hydroxyl groups is 1. The van der Waals surface area contributed by atoms with Gasteiger partial charge in [0.05, 0.1) is 16.8 Å². The molecule has 166 valence electrons. The van der Waals surface area contributed by atoms with Crippen LogP contribution in [0.2, 0.25) is 0 Å². The molecular weight excluding hydrogens is 434 g/mol. The molecule has 1 amide bonds. The van der Waals surface area contributed by atoms with Gasteiger partial charge >= 0.3 is 6.18 Å². The number of aryl methyl sites for hydroxylation is 1. The lowest BCUT2D eigenvalue weighted by Gasteiger charge is -2.20. The molecule has 0 aromatic carbocycles. The van der Waals surface area contributed by atoms with Crippen molar-refractivity contribution in [1.29, 1.82) is 0 Å². The number of aromatic nitrogens is 4. The first-order chi connectivity index (χ1) is 15.3. The first kappa shape index (κ1) is 20.4. The zero-order chi connectivity index (χ0) is 22.6. The second kappa shape index (κ2) is 7.26. The van der Waals surface area contributed by atoms with Crippen molar-refractivity contribution >= 4 is 5.91 Å². The summed E-state index contributed by atoms with van der Waals surface area (Å²) in [5, 5.41) is 12.4. The van der Waals surface area contributed by atoms with Crippen molar-refractivity contribution in [1.82, 2.24) is 25.3 Å². The standard InChI is InChI=1S/C20H15F4N5O3/c21-14-12-8(1-2-9-13-11(29-15(9)12)3-4-26-17(13)31)5-27-19(14)32-18-10(6-25-7-28-18)16(30)20(22,23)24/h5-7,16,29-30H,1-4H2,(H,26,31). The summed E-state index contributed by atoms with van der Waals surface area (Å²) in [6.07, 6.45) is -3.38. The number of carbonyl (C=O) groups excluding carboxylic acids is 1. The van der Waals surface area contributed by atoms with Crippen LogP contribution in [0.3, 0.4) is 0 Å². The first-order valence-corrected chi connectivity index (χ1v) is 9.68. The second-order valence-electron chi connectivity index (χ2n) is 7.45. The molecule has 0 saturated heterocycles. The molecule has 0 spiro atoms. The molecule has 0 saturated carbocycles. The predicted molar refractivity (Wildman–Crippen MR) is 101 cm³/mol. The molecule has 8 nitrogen and oxygen atoms in total. The largest absolute Gasteiger partial charge is 0.418 e. The van der Waals surface area contributed by atoms with Crippen LogP contribution in [0.15, 0.2) is 18.7 Å². The third-order valence-electron chi connectivity index (χ3n) is 5.53. The van der Waals surface area contributed by atoms with Crippen molar-refractivity contribution in [3.63, 3.8) is 0 Å². The summed E-state index contributed by atoms with van der Waals surface area (Å²) in [6, 6.07) is 0. The van der Waals surface area contributed by atoms with E-state index in [-0.39, 0.29) is 11.5 Å². The number of aromatic amines is 1. The van der Waals surface area contributed by atoms with Gasteiger partial charge in [-0.1, -0.05) is 0 Å². The fraction of sp³-hybridized carbons (Fsp3) is 0.300. The van der Waals surface area contributed by atoms with Gasteiger partial charge in [0, 0.05) is 36.6 Å². The highest BCUT2D eigenvalue weighted by atomic mass is 19.4. The Bertz CT molecular complexity index is 1240. The minimum Gasteiger partial charge on any atom is -0.417 e. The Morgan fingerprint density at radius 2 is 1.91 bits per heavy atom. The number of carbonyl (C=O) groups is 1. The van der Waals surface area contributed by atoms with Gasteiger partial charge in [-0.25, -0.2) is 19.3 Å². The Morgan fingerprint density at radius 3 is 2.69 bits per heavy atom. The summed E-state index contributed by atoms with van der Waals surface area (Å²) in [5.41, 5.74) is 2.25. The molecule has 0 radical (unpaired) electrons. The molecule has 12 heteroatoms. The molecule has 1 unspecified atom stereocenters. The predicted octanol–water partition coefficient (Wildman–Crippen LogP) is 2.78. The quantitative estimate of drug-likeness (QED) is 0.530. The Morgan fingerprint density at radius 1 is 1.09 bits per heavy atom. The average molecular weight is 449 g/mol. The number of fused-ring (bicyclic) bond motifs is 5. The Labute approximate surface area is 177 Å². The van der Waals surface area contributed by atoms with E-state index in [2.05, 4.69) is 25.3 Å². The van der Waals surface area contributed by atoms with E-state index in [4.69, 9.17) is 4.74 Å². The van der Waals surface area contributed by atoms with E-state index in [9.17, 15) is 23.1 Å². The van der Waals surface area contributed by atoms with Crippen LogP contribution >= 0.6 is 0 Å². The number of alkyl halides is 3. The van der Waals surface area contributed by atoms with Crippen LogP contribution in [-0.4, -0.2) is 43.7 Å². The number of rotatable bonds is 3. The molecule has 5 rings (SSSR count). The van der Waals surface area contributed by atoms with Crippen LogP contribution in [0.25, 0.3) is 11.3 Å². The lowest BCUT2D eigenvalue weighted by atomic mass is 9.88. The number of hydrogen-bond donors (Lipinski definition) is 3. The van der Waals surface area contributed by atoms with Crippen molar-refractivity contribution in [2.45, 2.75) is 31.5 Å². The van der Waals surface area contributed by atoms with E-state index in [1.54, 1.807) is 0 Å². The Balaban J connectivity index is 1.58. The fourth-order valence-corrected chi connectivity index (χ4v) is 4.08. The molecular formula is C20H15F4N5O3. The molecule has 32 heavy (non-hydrogen) atoms. The molecule has 3 aromatic rings. The summed E-state index contributed by atoms with van der Waals surface area (Å²) in [5.74, 6) is -2.42. The maximum absolute atomic E-state index is 15.5. The zero-order valence-electron chi connectivity index (χ0n) is 16.3. The Hall–Kier alpha value is -3.54. The van der Waals surface area contributed by atoms with E-state index in [1.165, 1.54) is 6.20 Å². The van der Waals surface area contributed by atoms with Crippen LogP contribution in [-0.2, 0) is 19.3 Å². The number of amides is 1. The molecule has 3 aromatic heterocycles. The van der Waals surface area contributed by atoms with Crippen molar-refractivity contribution < 1.29 is 32.2 Å². The van der Waals surface area contributed by atoms with E-state index in [1.807, 2.05) is 0 Å². The van der Waals surface area contributed by atoms with Crippen molar-refractivity contribution in [3.05, 3.63) is 52.5 Å². The van der Waals surface area contributed by atoms with Gasteiger partial charge in [0.15, 0.2) is 11.9 Å². The lowest BCUT2D eigenvalue weighted by molar-refractivity contribution is -0.207. The number of nitrogens with zero attached hydrogens (tertiary/aromatic N) is 3. The van der Waals surface area contributed by atoms with Gasteiger partial charge in [0.2, 0.25) is 5.88 Å². The first-order valence-electron chi connectivity index (χ1n) is 9.68. The van der Waals surface area contributed by atoms with Gasteiger partial charge in [0.25, 0.3) is 11.8 Å². The smallest absolute Gasteiger partial charge is 0.417 e. The molecule has 4 heterocycles. The fourth-order valence-electron chi connectivity index (χ4n) is 4.08. The van der Waals surface area contributed by atoms with Crippen molar-refractivity contribution in [3.8, 4) is 23.0 Å². The van der Waals surface area contributed by atoms with Gasteiger partial charge in [-0.15, -0.1) is 0 Å². The molecule has 0 fully saturated rings. The molecule has 1 atom stereocenters. The number of ether oxygens (including phenoxy) is 1. The summed E-state index contributed by atoms with van der Waals surface area (Å²) in [7, 11) is 0. The van der Waals surface area contributed by atoms with Crippen LogP contribution in [0.5, 0.6) is 11.8 Å². The van der Waals surface area contributed by atoms with E-state index in [0.717, 1.165) is 12.5 Å². The number of halogens is 4. The number of aliphatic hydroxyl groups excluding tert-OH is 1.